The molecule has 1 aliphatic heterocycles. The van der Waals surface area contributed by atoms with E-state index in [9.17, 15) is 20.0 Å². The Bertz CT molecular complexity index is 1130. The van der Waals surface area contributed by atoms with Crippen LogP contribution in [-0.4, -0.2) is 75.0 Å². The van der Waals surface area contributed by atoms with Crippen LogP contribution in [0, 0.1) is 15.5 Å². The van der Waals surface area contributed by atoms with E-state index >= 15 is 0 Å². The lowest BCUT2D eigenvalue weighted by Gasteiger charge is -2.44. The van der Waals surface area contributed by atoms with Gasteiger partial charge in [-0.1, -0.05) is 20.8 Å². The highest BCUT2D eigenvalue weighted by atomic mass is 16.6. The monoisotopic (exact) mass is 439 g/mol. The van der Waals surface area contributed by atoms with Gasteiger partial charge in [0.1, 0.15) is 0 Å². The van der Waals surface area contributed by atoms with Crippen molar-refractivity contribution in [1.29, 1.82) is 0 Å². The van der Waals surface area contributed by atoms with Crippen LogP contribution in [0.2, 0.25) is 0 Å². The van der Waals surface area contributed by atoms with E-state index in [2.05, 4.69) is 25.7 Å². The van der Waals surface area contributed by atoms with Gasteiger partial charge in [-0.15, -0.1) is 0 Å². The molecule has 2 fully saturated rings. The molecule has 0 spiro atoms. The number of carbonyl (C=O) groups is 1. The summed E-state index contributed by atoms with van der Waals surface area (Å²) in [6, 6.07) is 4.56. The van der Waals surface area contributed by atoms with Gasteiger partial charge in [0, 0.05) is 50.3 Å². The summed E-state index contributed by atoms with van der Waals surface area (Å²) in [7, 11) is 0. The molecule has 0 radical (unpaired) electrons. The molecule has 1 N–H and O–H groups in total. The maximum Gasteiger partial charge on any atom is 0.271 e. The SMILES string of the molecule is CC12CCC(C(=O)N3CCN(CCO)CC3)(c3nc4cc([N+](=O)[O-])ccc4nc31)C2(C)C. The second-order valence-electron chi connectivity index (χ2n) is 10.1. The predicted molar refractivity (Wildman–Crippen MR) is 118 cm³/mol. The second kappa shape index (κ2) is 6.92. The number of piperazine rings is 1. The van der Waals surface area contributed by atoms with Crippen LogP contribution in [0.15, 0.2) is 18.2 Å². The molecule has 2 heterocycles. The third-order valence-electron chi connectivity index (χ3n) is 8.67. The van der Waals surface area contributed by atoms with Crippen LogP contribution in [0.25, 0.3) is 11.0 Å². The summed E-state index contributed by atoms with van der Waals surface area (Å²) in [5.74, 6) is 0.0905. The van der Waals surface area contributed by atoms with Crippen molar-refractivity contribution in [3.05, 3.63) is 39.7 Å². The van der Waals surface area contributed by atoms with E-state index < -0.39 is 10.3 Å². The zero-order chi connectivity index (χ0) is 22.9. The lowest BCUT2D eigenvalue weighted by molar-refractivity contribution is -0.384. The lowest BCUT2D eigenvalue weighted by Crippen LogP contribution is -2.57. The van der Waals surface area contributed by atoms with Crippen molar-refractivity contribution < 1.29 is 14.8 Å². The number of β-amino-alcohol motifs (C(OH)–C–C–N with tert-alkyl or cyclic N) is 1. The van der Waals surface area contributed by atoms with E-state index in [-0.39, 0.29) is 29.0 Å². The molecule has 2 unspecified atom stereocenters. The Morgan fingerprint density at radius 3 is 2.44 bits per heavy atom. The quantitative estimate of drug-likeness (QED) is 0.573. The van der Waals surface area contributed by atoms with Gasteiger partial charge < -0.3 is 10.0 Å². The summed E-state index contributed by atoms with van der Waals surface area (Å²) in [5, 5.41) is 20.5. The van der Waals surface area contributed by atoms with E-state index in [1.54, 1.807) is 6.07 Å². The number of carbonyl (C=O) groups excluding carboxylic acids is 1. The molecule has 1 amide bonds. The molecule has 2 aliphatic carbocycles. The summed E-state index contributed by atoms with van der Waals surface area (Å²) in [6.07, 6.45) is 1.56. The second-order valence-corrected chi connectivity index (χ2v) is 10.1. The maximum absolute atomic E-state index is 14.2. The summed E-state index contributed by atoms with van der Waals surface area (Å²) in [5.41, 5.74) is 1.16. The van der Waals surface area contributed by atoms with Crippen LogP contribution in [0.5, 0.6) is 0 Å². The number of nitro benzene ring substituents is 1. The van der Waals surface area contributed by atoms with Gasteiger partial charge in [0.05, 0.1) is 39.4 Å². The number of non-ortho nitro benzene ring substituents is 1. The normalized spacial score (nSPS) is 28.8. The molecular weight excluding hydrogens is 410 g/mol. The first kappa shape index (κ1) is 21.2. The molecule has 9 nitrogen and oxygen atoms in total. The standard InChI is InChI=1S/C23H29N5O4/c1-21(2)22(3)6-7-23(21,20(30)27-10-8-26(9-11-27)12-13-29)19-18(22)24-16-5-4-15(28(31)32)14-17(16)25-19/h4-5,14,29H,6-13H2,1-3H3. The Morgan fingerprint density at radius 1 is 1.09 bits per heavy atom. The van der Waals surface area contributed by atoms with E-state index in [1.807, 2.05) is 4.90 Å². The Balaban J connectivity index is 1.61. The smallest absolute Gasteiger partial charge is 0.271 e. The van der Waals surface area contributed by atoms with Crippen LogP contribution in [0.4, 0.5) is 5.69 Å². The van der Waals surface area contributed by atoms with Crippen molar-refractivity contribution in [2.45, 2.75) is 44.4 Å². The molecule has 3 aliphatic rings. The molecule has 170 valence electrons. The molecule has 9 heteroatoms. The number of aliphatic hydroxyl groups excluding tert-OH is 1. The van der Waals surface area contributed by atoms with Crippen LogP contribution in [0.3, 0.4) is 0 Å². The highest BCUT2D eigenvalue weighted by molar-refractivity contribution is 5.93. The fourth-order valence-corrected chi connectivity index (χ4v) is 6.26. The van der Waals surface area contributed by atoms with E-state index in [0.29, 0.717) is 42.8 Å². The van der Waals surface area contributed by atoms with Crippen molar-refractivity contribution >= 4 is 22.6 Å². The fourth-order valence-electron chi connectivity index (χ4n) is 6.26. The van der Waals surface area contributed by atoms with E-state index in [1.165, 1.54) is 12.1 Å². The fraction of sp³-hybridized carbons (Fsp3) is 0.609. The first-order valence-corrected chi connectivity index (χ1v) is 11.3. The first-order valence-electron chi connectivity index (χ1n) is 11.3. The molecule has 32 heavy (non-hydrogen) atoms. The van der Waals surface area contributed by atoms with Crippen molar-refractivity contribution in [2.75, 3.05) is 39.3 Å². The summed E-state index contributed by atoms with van der Waals surface area (Å²) in [6.45, 7) is 9.93. The average Bonchev–Trinajstić information content (AvgIpc) is 3.07. The topological polar surface area (TPSA) is 113 Å². The number of fused-ring (bicyclic) bond motifs is 6. The number of benzene rings is 1. The number of aliphatic hydroxyl groups is 1. The Kier molecular flexibility index (Phi) is 4.59. The zero-order valence-corrected chi connectivity index (χ0v) is 18.8. The molecule has 2 aromatic rings. The molecule has 1 saturated carbocycles. The summed E-state index contributed by atoms with van der Waals surface area (Å²) < 4.78 is 0. The Morgan fingerprint density at radius 2 is 1.78 bits per heavy atom. The van der Waals surface area contributed by atoms with Gasteiger partial charge in [-0.05, 0) is 24.3 Å². The minimum absolute atomic E-state index is 0.0271. The number of nitro groups is 1. The van der Waals surface area contributed by atoms with Crippen LogP contribution in [-0.2, 0) is 15.6 Å². The van der Waals surface area contributed by atoms with Crippen molar-refractivity contribution in [2.24, 2.45) is 5.41 Å². The largest absolute Gasteiger partial charge is 0.395 e. The van der Waals surface area contributed by atoms with E-state index in [0.717, 1.165) is 25.2 Å². The van der Waals surface area contributed by atoms with Crippen molar-refractivity contribution in [3.8, 4) is 0 Å². The molecular formula is C23H29N5O4. The van der Waals surface area contributed by atoms with Crippen molar-refractivity contribution in [3.63, 3.8) is 0 Å². The summed E-state index contributed by atoms with van der Waals surface area (Å²) >= 11 is 0. The highest BCUT2D eigenvalue weighted by Gasteiger charge is 2.73. The number of rotatable bonds is 4. The maximum atomic E-state index is 14.2. The molecule has 1 saturated heterocycles. The minimum atomic E-state index is -0.790. The molecule has 1 aromatic heterocycles. The zero-order valence-electron chi connectivity index (χ0n) is 18.8. The number of hydrogen-bond donors (Lipinski definition) is 1. The number of aromatic nitrogens is 2. The minimum Gasteiger partial charge on any atom is -0.395 e. The number of hydrogen-bond acceptors (Lipinski definition) is 7. The third kappa shape index (κ3) is 2.55. The number of amides is 1. The molecule has 2 atom stereocenters. The van der Waals surface area contributed by atoms with Gasteiger partial charge in [-0.3, -0.25) is 19.8 Å². The van der Waals surface area contributed by atoms with Crippen LogP contribution < -0.4 is 0 Å². The van der Waals surface area contributed by atoms with Crippen LogP contribution >= 0.6 is 0 Å². The molecule has 5 rings (SSSR count). The highest BCUT2D eigenvalue weighted by Crippen LogP contribution is 2.70. The van der Waals surface area contributed by atoms with Crippen molar-refractivity contribution in [1.82, 2.24) is 19.8 Å². The third-order valence-corrected chi connectivity index (χ3v) is 8.67. The average molecular weight is 440 g/mol. The molecule has 1 aromatic carbocycles. The van der Waals surface area contributed by atoms with Gasteiger partial charge in [0.25, 0.3) is 5.69 Å². The van der Waals surface area contributed by atoms with Gasteiger partial charge in [0.2, 0.25) is 5.91 Å². The van der Waals surface area contributed by atoms with Gasteiger partial charge in [-0.25, -0.2) is 9.97 Å². The number of nitrogens with zero attached hydrogens (tertiary/aromatic N) is 5. The van der Waals surface area contributed by atoms with Gasteiger partial charge >= 0.3 is 0 Å². The predicted octanol–water partition coefficient (Wildman–Crippen LogP) is 2.00. The van der Waals surface area contributed by atoms with Crippen LogP contribution in [0.1, 0.15) is 45.0 Å². The Labute approximate surface area is 186 Å². The van der Waals surface area contributed by atoms with Gasteiger partial charge in [0.15, 0.2) is 0 Å². The van der Waals surface area contributed by atoms with Gasteiger partial charge in [-0.2, -0.15) is 0 Å². The Hall–Kier alpha value is -2.65. The van der Waals surface area contributed by atoms with E-state index in [4.69, 9.17) is 9.97 Å². The lowest BCUT2D eigenvalue weighted by atomic mass is 9.63. The first-order chi connectivity index (χ1) is 15.2. The summed E-state index contributed by atoms with van der Waals surface area (Å²) in [4.78, 5) is 38.9. The molecule has 2 bridgehead atoms.